The standard InChI is InChI=1S/C16H19N3O3/c20-16(21-10-15-9-18-11-22-15)19-14-3-1-12(2-4-14)13-5-7-17-8-6-13/h1-4,9,11,13,17H,5-8,10H2,(H,19,20). The van der Waals surface area contributed by atoms with Gasteiger partial charge in [-0.1, -0.05) is 12.1 Å². The topological polar surface area (TPSA) is 76.4 Å². The molecule has 2 N–H and O–H groups in total. The van der Waals surface area contributed by atoms with Crippen molar-refractivity contribution in [3.63, 3.8) is 0 Å². The average molecular weight is 301 g/mol. The predicted octanol–water partition coefficient (Wildman–Crippen LogP) is 2.89. The molecule has 0 radical (unpaired) electrons. The Hall–Kier alpha value is -2.34. The van der Waals surface area contributed by atoms with Crippen LogP contribution in [0.4, 0.5) is 10.5 Å². The molecule has 1 aliphatic rings. The number of aromatic nitrogens is 1. The quantitative estimate of drug-likeness (QED) is 0.908. The number of ether oxygens (including phenoxy) is 1. The lowest BCUT2D eigenvalue weighted by Crippen LogP contribution is -2.26. The van der Waals surface area contributed by atoms with Crippen LogP contribution in [-0.2, 0) is 11.3 Å². The average Bonchev–Trinajstić information content (AvgIpc) is 3.08. The molecule has 1 aromatic heterocycles. The second-order valence-electron chi connectivity index (χ2n) is 5.32. The minimum absolute atomic E-state index is 0.0684. The summed E-state index contributed by atoms with van der Waals surface area (Å²) < 4.78 is 10.0. The summed E-state index contributed by atoms with van der Waals surface area (Å²) in [6.45, 7) is 2.20. The Morgan fingerprint density at radius 2 is 2.09 bits per heavy atom. The Bertz CT molecular complexity index is 590. The van der Waals surface area contributed by atoms with Crippen LogP contribution in [0.25, 0.3) is 0 Å². The number of nitrogens with one attached hydrogen (secondary N) is 2. The summed E-state index contributed by atoms with van der Waals surface area (Å²) in [5.74, 6) is 1.12. The molecule has 1 fully saturated rings. The number of hydrogen-bond donors (Lipinski definition) is 2. The third-order valence-electron chi connectivity index (χ3n) is 3.80. The fourth-order valence-electron chi connectivity index (χ4n) is 2.60. The Kier molecular flexibility index (Phi) is 4.70. The zero-order valence-corrected chi connectivity index (χ0v) is 12.2. The molecule has 1 aromatic carbocycles. The van der Waals surface area contributed by atoms with Crippen molar-refractivity contribution in [3.05, 3.63) is 48.2 Å². The number of nitrogens with zero attached hydrogens (tertiary/aromatic N) is 1. The number of piperidine rings is 1. The molecule has 0 atom stereocenters. The second kappa shape index (κ2) is 7.09. The van der Waals surface area contributed by atoms with E-state index in [1.807, 2.05) is 12.1 Å². The van der Waals surface area contributed by atoms with Gasteiger partial charge in [-0.3, -0.25) is 5.32 Å². The van der Waals surface area contributed by atoms with Gasteiger partial charge in [0.05, 0.1) is 6.20 Å². The highest BCUT2D eigenvalue weighted by Crippen LogP contribution is 2.26. The largest absolute Gasteiger partial charge is 0.445 e. The number of carbonyl (C=O) groups is 1. The lowest BCUT2D eigenvalue weighted by molar-refractivity contribution is 0.146. The van der Waals surface area contributed by atoms with Crippen LogP contribution in [0.5, 0.6) is 0 Å². The van der Waals surface area contributed by atoms with E-state index in [9.17, 15) is 4.79 Å². The van der Waals surface area contributed by atoms with Crippen molar-refractivity contribution in [1.82, 2.24) is 10.3 Å². The fourth-order valence-corrected chi connectivity index (χ4v) is 2.60. The lowest BCUT2D eigenvalue weighted by Gasteiger charge is -2.23. The van der Waals surface area contributed by atoms with Gasteiger partial charge in [-0.15, -0.1) is 0 Å². The molecule has 0 bridgehead atoms. The van der Waals surface area contributed by atoms with Crippen LogP contribution in [0.1, 0.15) is 30.1 Å². The molecule has 1 amide bonds. The SMILES string of the molecule is O=C(Nc1ccc(C2CCNCC2)cc1)OCc1cnco1. The Morgan fingerprint density at radius 1 is 1.32 bits per heavy atom. The van der Waals surface area contributed by atoms with Crippen LogP contribution >= 0.6 is 0 Å². The van der Waals surface area contributed by atoms with Crippen LogP contribution in [0.3, 0.4) is 0 Å². The van der Waals surface area contributed by atoms with Crippen molar-refractivity contribution in [1.29, 1.82) is 0 Å². The van der Waals surface area contributed by atoms with Crippen molar-refractivity contribution in [2.75, 3.05) is 18.4 Å². The van der Waals surface area contributed by atoms with Crippen molar-refractivity contribution in [3.8, 4) is 0 Å². The molecule has 0 spiro atoms. The smallest absolute Gasteiger partial charge is 0.412 e. The second-order valence-corrected chi connectivity index (χ2v) is 5.32. The first-order valence-corrected chi connectivity index (χ1v) is 7.43. The number of hydrogen-bond acceptors (Lipinski definition) is 5. The van der Waals surface area contributed by atoms with Gasteiger partial charge in [0, 0.05) is 5.69 Å². The van der Waals surface area contributed by atoms with Crippen LogP contribution in [-0.4, -0.2) is 24.2 Å². The van der Waals surface area contributed by atoms with Crippen molar-refractivity contribution in [2.24, 2.45) is 0 Å². The van der Waals surface area contributed by atoms with Gasteiger partial charge in [-0.05, 0) is 49.5 Å². The minimum atomic E-state index is -0.508. The van der Waals surface area contributed by atoms with E-state index in [0.717, 1.165) is 31.6 Å². The molecule has 116 valence electrons. The van der Waals surface area contributed by atoms with E-state index in [4.69, 9.17) is 9.15 Å². The van der Waals surface area contributed by atoms with E-state index >= 15 is 0 Å². The van der Waals surface area contributed by atoms with E-state index in [1.165, 1.54) is 18.2 Å². The molecule has 1 saturated heterocycles. The van der Waals surface area contributed by atoms with E-state index in [1.54, 1.807) is 0 Å². The molecule has 2 heterocycles. The monoisotopic (exact) mass is 301 g/mol. The first-order chi connectivity index (χ1) is 10.8. The van der Waals surface area contributed by atoms with Gasteiger partial charge in [0.2, 0.25) is 0 Å². The fraction of sp³-hybridized carbons (Fsp3) is 0.375. The molecule has 6 heteroatoms. The first kappa shape index (κ1) is 14.6. The normalized spacial score (nSPS) is 15.5. The van der Waals surface area contributed by atoms with E-state index in [-0.39, 0.29) is 6.61 Å². The van der Waals surface area contributed by atoms with Gasteiger partial charge in [-0.2, -0.15) is 0 Å². The molecule has 6 nitrogen and oxygen atoms in total. The zero-order valence-electron chi connectivity index (χ0n) is 12.2. The van der Waals surface area contributed by atoms with Gasteiger partial charge < -0.3 is 14.5 Å². The summed E-state index contributed by atoms with van der Waals surface area (Å²) in [6.07, 6.45) is 4.63. The molecule has 2 aromatic rings. The Labute approximate surface area is 128 Å². The highest BCUT2D eigenvalue weighted by molar-refractivity contribution is 5.84. The number of carbonyl (C=O) groups excluding carboxylic acids is 1. The molecule has 1 aliphatic heterocycles. The van der Waals surface area contributed by atoms with Gasteiger partial charge in [0.15, 0.2) is 18.8 Å². The number of rotatable bonds is 4. The molecular weight excluding hydrogens is 282 g/mol. The predicted molar refractivity (Wildman–Crippen MR) is 81.6 cm³/mol. The third kappa shape index (κ3) is 3.85. The number of oxazole rings is 1. The molecule has 0 aliphatic carbocycles. The number of benzene rings is 1. The summed E-state index contributed by atoms with van der Waals surface area (Å²) in [5, 5.41) is 6.06. The maximum atomic E-state index is 11.7. The Morgan fingerprint density at radius 3 is 2.77 bits per heavy atom. The summed E-state index contributed by atoms with van der Waals surface area (Å²) in [4.78, 5) is 15.4. The maximum absolute atomic E-state index is 11.7. The maximum Gasteiger partial charge on any atom is 0.412 e. The van der Waals surface area contributed by atoms with Crippen molar-refractivity contribution >= 4 is 11.8 Å². The zero-order chi connectivity index (χ0) is 15.2. The number of amides is 1. The molecule has 3 rings (SSSR count). The molecular formula is C16H19N3O3. The first-order valence-electron chi connectivity index (χ1n) is 7.43. The third-order valence-corrected chi connectivity index (χ3v) is 3.80. The van der Waals surface area contributed by atoms with Crippen molar-refractivity contribution < 1.29 is 13.9 Å². The Balaban J connectivity index is 1.50. The summed E-state index contributed by atoms with van der Waals surface area (Å²) in [6, 6.07) is 7.96. The lowest BCUT2D eigenvalue weighted by atomic mass is 9.90. The summed E-state index contributed by atoms with van der Waals surface area (Å²) in [7, 11) is 0. The van der Waals surface area contributed by atoms with Gasteiger partial charge in [-0.25, -0.2) is 9.78 Å². The summed E-state index contributed by atoms with van der Waals surface area (Å²) in [5.41, 5.74) is 2.04. The van der Waals surface area contributed by atoms with Crippen LogP contribution in [0.15, 0.2) is 41.3 Å². The highest BCUT2D eigenvalue weighted by Gasteiger charge is 2.15. The van der Waals surface area contributed by atoms with Gasteiger partial charge >= 0.3 is 6.09 Å². The van der Waals surface area contributed by atoms with Gasteiger partial charge in [0.25, 0.3) is 0 Å². The molecule has 22 heavy (non-hydrogen) atoms. The molecule has 0 saturated carbocycles. The summed E-state index contributed by atoms with van der Waals surface area (Å²) >= 11 is 0. The van der Waals surface area contributed by atoms with Gasteiger partial charge in [0.1, 0.15) is 0 Å². The van der Waals surface area contributed by atoms with E-state index in [2.05, 4.69) is 27.8 Å². The van der Waals surface area contributed by atoms with Crippen LogP contribution < -0.4 is 10.6 Å². The van der Waals surface area contributed by atoms with Crippen LogP contribution in [0, 0.1) is 0 Å². The van der Waals surface area contributed by atoms with E-state index < -0.39 is 6.09 Å². The van der Waals surface area contributed by atoms with Crippen LogP contribution in [0.2, 0.25) is 0 Å². The van der Waals surface area contributed by atoms with Crippen molar-refractivity contribution in [2.45, 2.75) is 25.4 Å². The van der Waals surface area contributed by atoms with E-state index in [0.29, 0.717) is 11.7 Å². The highest BCUT2D eigenvalue weighted by atomic mass is 16.6. The minimum Gasteiger partial charge on any atom is -0.445 e. The number of anilines is 1. The molecule has 0 unspecified atom stereocenters.